The molecule has 2 aromatic rings. The number of hydrogen-bond acceptors (Lipinski definition) is 2. The third-order valence-electron chi connectivity index (χ3n) is 2.48. The van der Waals surface area contributed by atoms with E-state index in [-0.39, 0.29) is 0 Å². The molecule has 3 nitrogen and oxygen atoms in total. The van der Waals surface area contributed by atoms with Gasteiger partial charge in [-0.1, -0.05) is 12.1 Å². The molecule has 0 fully saturated rings. The minimum Gasteiger partial charge on any atom is -0.544 e. The van der Waals surface area contributed by atoms with Crippen molar-refractivity contribution in [1.82, 2.24) is 0 Å². The topological polar surface area (TPSA) is 46.5 Å². The molecule has 0 saturated heterocycles. The van der Waals surface area contributed by atoms with Gasteiger partial charge in [-0.25, -0.2) is 4.79 Å². The molecule has 0 aliphatic heterocycles. The molecule has 0 aliphatic carbocycles. The molecule has 94 valence electrons. The first-order valence-electron chi connectivity index (χ1n) is 5.81. The van der Waals surface area contributed by atoms with Crippen LogP contribution in [0.4, 0.5) is 0 Å². The first-order chi connectivity index (χ1) is 8.35. The summed E-state index contributed by atoms with van der Waals surface area (Å²) < 4.78 is 5.91. The van der Waals surface area contributed by atoms with Gasteiger partial charge in [-0.3, -0.25) is 0 Å². The summed E-state index contributed by atoms with van der Waals surface area (Å²) in [5.41, 5.74) is 0.307. The first-order valence-corrected chi connectivity index (χ1v) is 9.22. The molecule has 2 rings (SSSR count). The number of aromatic carboxylic acids is 1. The SMILES string of the molecule is C[Si](C)(C)Oc1ccc2cc(C(=O)O)ccc2c1. The highest BCUT2D eigenvalue weighted by molar-refractivity contribution is 6.70. The second kappa shape index (κ2) is 4.46. The molecular formula is C14H16O3Si. The Hall–Kier alpha value is -1.81. The van der Waals surface area contributed by atoms with Crippen LogP contribution in [0.1, 0.15) is 10.4 Å². The molecule has 4 heteroatoms. The number of carboxylic acids is 1. The van der Waals surface area contributed by atoms with Crippen molar-refractivity contribution >= 4 is 25.1 Å². The summed E-state index contributed by atoms with van der Waals surface area (Å²) in [4.78, 5) is 10.9. The first kappa shape index (κ1) is 12.6. The molecule has 2 aromatic carbocycles. The minimum absolute atomic E-state index is 0.307. The van der Waals surface area contributed by atoms with Crippen LogP contribution in [0, 0.1) is 0 Å². The summed E-state index contributed by atoms with van der Waals surface area (Å²) >= 11 is 0. The van der Waals surface area contributed by atoms with E-state index in [4.69, 9.17) is 9.53 Å². The van der Waals surface area contributed by atoms with E-state index >= 15 is 0 Å². The molecule has 0 aromatic heterocycles. The van der Waals surface area contributed by atoms with Gasteiger partial charge in [0.1, 0.15) is 5.75 Å². The molecule has 0 atom stereocenters. The van der Waals surface area contributed by atoms with Gasteiger partial charge < -0.3 is 9.53 Å². The number of carboxylic acid groups (broad SMARTS) is 1. The Morgan fingerprint density at radius 1 is 1.06 bits per heavy atom. The zero-order chi connectivity index (χ0) is 13.3. The monoisotopic (exact) mass is 260 g/mol. The highest BCUT2D eigenvalue weighted by atomic mass is 28.4. The molecule has 1 N–H and O–H groups in total. The summed E-state index contributed by atoms with van der Waals surface area (Å²) in [6.07, 6.45) is 0. The van der Waals surface area contributed by atoms with Gasteiger partial charge in [-0.2, -0.15) is 0 Å². The molecular weight excluding hydrogens is 244 g/mol. The highest BCUT2D eigenvalue weighted by Crippen LogP contribution is 2.24. The number of hydrogen-bond donors (Lipinski definition) is 1. The van der Waals surface area contributed by atoms with Gasteiger partial charge in [0.2, 0.25) is 8.32 Å². The predicted molar refractivity (Wildman–Crippen MR) is 74.9 cm³/mol. The van der Waals surface area contributed by atoms with Gasteiger partial charge in [0, 0.05) is 0 Å². The summed E-state index contributed by atoms with van der Waals surface area (Å²) in [6.45, 7) is 6.39. The van der Waals surface area contributed by atoms with E-state index in [1.54, 1.807) is 12.1 Å². The van der Waals surface area contributed by atoms with Gasteiger partial charge in [-0.15, -0.1) is 0 Å². The molecule has 0 spiro atoms. The quantitative estimate of drug-likeness (QED) is 0.855. The third kappa shape index (κ3) is 2.90. The summed E-state index contributed by atoms with van der Waals surface area (Å²) in [6, 6.07) is 10.9. The summed E-state index contributed by atoms with van der Waals surface area (Å²) in [7, 11) is -1.61. The molecule has 0 unspecified atom stereocenters. The van der Waals surface area contributed by atoms with Crippen LogP contribution in [-0.4, -0.2) is 19.4 Å². The van der Waals surface area contributed by atoms with Crippen molar-refractivity contribution in [3.63, 3.8) is 0 Å². The van der Waals surface area contributed by atoms with E-state index < -0.39 is 14.3 Å². The summed E-state index contributed by atoms with van der Waals surface area (Å²) in [5, 5.41) is 10.8. The van der Waals surface area contributed by atoms with Crippen LogP contribution in [0.2, 0.25) is 19.6 Å². The molecule has 0 amide bonds. The van der Waals surface area contributed by atoms with Crippen molar-refractivity contribution in [2.24, 2.45) is 0 Å². The minimum atomic E-state index is -1.61. The van der Waals surface area contributed by atoms with Gasteiger partial charge in [0.15, 0.2) is 0 Å². The fourth-order valence-corrected chi connectivity index (χ4v) is 2.61. The van der Waals surface area contributed by atoms with Crippen molar-refractivity contribution in [3.8, 4) is 5.75 Å². The lowest BCUT2D eigenvalue weighted by Gasteiger charge is -2.19. The average molecular weight is 260 g/mol. The third-order valence-corrected chi connectivity index (χ3v) is 3.33. The number of benzene rings is 2. The Labute approximate surface area is 107 Å². The van der Waals surface area contributed by atoms with E-state index in [0.717, 1.165) is 16.5 Å². The maximum Gasteiger partial charge on any atom is 0.335 e. The van der Waals surface area contributed by atoms with Crippen LogP contribution >= 0.6 is 0 Å². The van der Waals surface area contributed by atoms with Gasteiger partial charge in [-0.05, 0) is 54.7 Å². The lowest BCUT2D eigenvalue weighted by molar-refractivity contribution is 0.0697. The summed E-state index contributed by atoms with van der Waals surface area (Å²) in [5.74, 6) is -0.0518. The van der Waals surface area contributed by atoms with Crippen LogP contribution in [-0.2, 0) is 0 Å². The Bertz CT molecular complexity index is 600. The molecule has 0 bridgehead atoms. The van der Waals surface area contributed by atoms with Crippen molar-refractivity contribution < 1.29 is 14.3 Å². The fourth-order valence-electron chi connectivity index (χ4n) is 1.77. The average Bonchev–Trinajstić information content (AvgIpc) is 2.26. The highest BCUT2D eigenvalue weighted by Gasteiger charge is 2.16. The van der Waals surface area contributed by atoms with Crippen LogP contribution in [0.15, 0.2) is 36.4 Å². The molecule has 0 saturated carbocycles. The van der Waals surface area contributed by atoms with E-state index in [9.17, 15) is 4.79 Å². The molecule has 0 radical (unpaired) electrons. The largest absolute Gasteiger partial charge is 0.544 e. The van der Waals surface area contributed by atoms with Gasteiger partial charge in [0.25, 0.3) is 0 Å². The maximum absolute atomic E-state index is 10.9. The van der Waals surface area contributed by atoms with Crippen LogP contribution in [0.5, 0.6) is 5.75 Å². The zero-order valence-electron chi connectivity index (χ0n) is 10.7. The number of carbonyl (C=O) groups is 1. The second-order valence-corrected chi connectivity index (χ2v) is 9.67. The predicted octanol–water partition coefficient (Wildman–Crippen LogP) is 3.75. The fraction of sp³-hybridized carbons (Fsp3) is 0.214. The van der Waals surface area contributed by atoms with E-state index in [1.165, 1.54) is 0 Å². The second-order valence-electron chi connectivity index (χ2n) is 5.24. The Morgan fingerprint density at radius 2 is 1.67 bits per heavy atom. The number of fused-ring (bicyclic) bond motifs is 1. The van der Waals surface area contributed by atoms with Crippen molar-refractivity contribution in [2.75, 3.05) is 0 Å². The Kier molecular flexibility index (Phi) is 3.13. The molecule has 0 heterocycles. The van der Waals surface area contributed by atoms with Crippen molar-refractivity contribution in [1.29, 1.82) is 0 Å². The molecule has 0 aliphatic rings. The van der Waals surface area contributed by atoms with E-state index in [2.05, 4.69) is 19.6 Å². The van der Waals surface area contributed by atoms with Crippen LogP contribution in [0.25, 0.3) is 10.8 Å². The Balaban J connectivity index is 2.41. The van der Waals surface area contributed by atoms with E-state index in [1.807, 2.05) is 24.3 Å². The van der Waals surface area contributed by atoms with E-state index in [0.29, 0.717) is 5.56 Å². The smallest absolute Gasteiger partial charge is 0.335 e. The standard InChI is InChI=1S/C14H16O3Si/c1-18(2,3)17-13-7-6-10-8-12(14(15)16)5-4-11(10)9-13/h4-9H,1-3H3,(H,15,16). The lowest BCUT2D eigenvalue weighted by Crippen LogP contribution is -2.29. The van der Waals surface area contributed by atoms with Crippen molar-refractivity contribution in [2.45, 2.75) is 19.6 Å². The van der Waals surface area contributed by atoms with Gasteiger partial charge in [0.05, 0.1) is 5.56 Å². The zero-order valence-corrected chi connectivity index (χ0v) is 11.7. The van der Waals surface area contributed by atoms with Crippen LogP contribution in [0.3, 0.4) is 0 Å². The van der Waals surface area contributed by atoms with Gasteiger partial charge >= 0.3 is 5.97 Å². The van der Waals surface area contributed by atoms with Crippen LogP contribution < -0.4 is 4.43 Å². The molecule has 18 heavy (non-hydrogen) atoms. The maximum atomic E-state index is 10.9. The van der Waals surface area contributed by atoms with Crippen molar-refractivity contribution in [3.05, 3.63) is 42.0 Å². The number of rotatable bonds is 3. The normalized spacial score (nSPS) is 11.5. The lowest BCUT2D eigenvalue weighted by atomic mass is 10.1. The Morgan fingerprint density at radius 3 is 2.28 bits per heavy atom.